The molecule has 1 aliphatic heterocycles. The van der Waals surface area contributed by atoms with Gasteiger partial charge in [0, 0.05) is 17.5 Å². The number of carboxylic acid groups (broad SMARTS) is 1. The number of benzene rings is 3. The number of fused-ring (bicyclic) bond motifs is 1. The average Bonchev–Trinajstić information content (AvgIpc) is 2.85. The van der Waals surface area contributed by atoms with Crippen LogP contribution in [0.3, 0.4) is 0 Å². The zero-order chi connectivity index (χ0) is 25.1. The SMILES string of the molecule is COc1cc([C@@H](C)NCC[C@H]2C[C@@H](c3cc(C)c(C)c(C(=O)O)c3)c3ccccc3O2)ccc1F. The van der Waals surface area contributed by atoms with E-state index in [1.807, 2.05) is 45.0 Å². The van der Waals surface area contributed by atoms with Crippen molar-refractivity contribution in [1.29, 1.82) is 0 Å². The molecule has 1 heterocycles. The second kappa shape index (κ2) is 10.5. The maximum absolute atomic E-state index is 13.7. The molecule has 0 bridgehead atoms. The number of nitrogens with one attached hydrogen (secondary N) is 1. The highest BCUT2D eigenvalue weighted by atomic mass is 19.1. The van der Waals surface area contributed by atoms with Gasteiger partial charge in [0.25, 0.3) is 0 Å². The number of halogens is 1. The predicted molar refractivity (Wildman–Crippen MR) is 134 cm³/mol. The molecule has 6 heteroatoms. The number of rotatable bonds is 8. The number of carbonyl (C=O) groups is 1. The van der Waals surface area contributed by atoms with Crippen LogP contribution in [0.4, 0.5) is 4.39 Å². The van der Waals surface area contributed by atoms with E-state index in [2.05, 4.69) is 17.4 Å². The minimum Gasteiger partial charge on any atom is -0.494 e. The van der Waals surface area contributed by atoms with Crippen molar-refractivity contribution in [1.82, 2.24) is 5.32 Å². The Morgan fingerprint density at radius 1 is 1.20 bits per heavy atom. The van der Waals surface area contributed by atoms with Gasteiger partial charge in [-0.25, -0.2) is 9.18 Å². The fourth-order valence-corrected chi connectivity index (χ4v) is 4.82. The van der Waals surface area contributed by atoms with Crippen molar-refractivity contribution in [3.8, 4) is 11.5 Å². The van der Waals surface area contributed by atoms with E-state index in [0.29, 0.717) is 12.1 Å². The number of ether oxygens (including phenoxy) is 2. The van der Waals surface area contributed by atoms with Gasteiger partial charge in [-0.2, -0.15) is 0 Å². The molecule has 3 aromatic carbocycles. The Bertz CT molecular complexity index is 1230. The van der Waals surface area contributed by atoms with Crippen LogP contribution in [0.5, 0.6) is 11.5 Å². The second-order valence-electron chi connectivity index (χ2n) is 9.24. The summed E-state index contributed by atoms with van der Waals surface area (Å²) in [6.07, 6.45) is 1.52. The molecular weight excluding hydrogens is 445 g/mol. The largest absolute Gasteiger partial charge is 0.494 e. The zero-order valence-corrected chi connectivity index (χ0v) is 20.6. The van der Waals surface area contributed by atoms with Crippen LogP contribution >= 0.6 is 0 Å². The van der Waals surface area contributed by atoms with Gasteiger partial charge in [0.05, 0.1) is 12.7 Å². The molecule has 0 saturated heterocycles. The molecule has 0 fully saturated rings. The molecule has 0 unspecified atom stereocenters. The van der Waals surface area contributed by atoms with E-state index in [4.69, 9.17) is 9.47 Å². The molecule has 0 radical (unpaired) electrons. The first-order valence-electron chi connectivity index (χ1n) is 11.9. The molecule has 0 aliphatic carbocycles. The van der Waals surface area contributed by atoms with Crippen molar-refractivity contribution in [3.05, 3.63) is 93.8 Å². The Kier molecular flexibility index (Phi) is 7.41. The van der Waals surface area contributed by atoms with Crippen molar-refractivity contribution in [2.75, 3.05) is 13.7 Å². The molecule has 3 aromatic rings. The van der Waals surface area contributed by atoms with E-state index in [1.165, 1.54) is 13.2 Å². The summed E-state index contributed by atoms with van der Waals surface area (Å²) in [6.45, 7) is 6.57. The van der Waals surface area contributed by atoms with Crippen LogP contribution in [0.25, 0.3) is 0 Å². The topological polar surface area (TPSA) is 67.8 Å². The summed E-state index contributed by atoms with van der Waals surface area (Å²) in [4.78, 5) is 11.8. The molecule has 0 saturated carbocycles. The Morgan fingerprint density at radius 3 is 2.71 bits per heavy atom. The molecule has 3 atom stereocenters. The Labute approximate surface area is 205 Å². The van der Waals surface area contributed by atoms with Crippen LogP contribution in [0.1, 0.15) is 69.9 Å². The summed E-state index contributed by atoms with van der Waals surface area (Å²) in [6, 6.07) is 16.8. The first kappa shape index (κ1) is 24.7. The van der Waals surface area contributed by atoms with Crippen molar-refractivity contribution in [2.24, 2.45) is 0 Å². The minimum absolute atomic E-state index is 0.0211. The molecule has 2 N–H and O–H groups in total. The third-order valence-corrected chi connectivity index (χ3v) is 7.00. The molecule has 0 spiro atoms. The Balaban J connectivity index is 1.50. The zero-order valence-electron chi connectivity index (χ0n) is 20.6. The molecule has 35 heavy (non-hydrogen) atoms. The van der Waals surface area contributed by atoms with E-state index < -0.39 is 5.97 Å². The third-order valence-electron chi connectivity index (χ3n) is 7.00. The van der Waals surface area contributed by atoms with Gasteiger partial charge in [-0.15, -0.1) is 0 Å². The summed E-state index contributed by atoms with van der Waals surface area (Å²) < 4.78 is 25.2. The van der Waals surface area contributed by atoms with Gasteiger partial charge in [0.15, 0.2) is 11.6 Å². The van der Waals surface area contributed by atoms with Gasteiger partial charge in [0.1, 0.15) is 11.9 Å². The highest BCUT2D eigenvalue weighted by Crippen LogP contribution is 2.42. The second-order valence-corrected chi connectivity index (χ2v) is 9.24. The summed E-state index contributed by atoms with van der Waals surface area (Å²) in [5.41, 5.74) is 5.17. The first-order chi connectivity index (χ1) is 16.8. The molecule has 184 valence electrons. The van der Waals surface area contributed by atoms with E-state index in [1.54, 1.807) is 12.1 Å². The van der Waals surface area contributed by atoms with Crippen LogP contribution in [0, 0.1) is 19.7 Å². The number of hydrogen-bond donors (Lipinski definition) is 2. The lowest BCUT2D eigenvalue weighted by atomic mass is 9.81. The normalized spacial score (nSPS) is 17.9. The van der Waals surface area contributed by atoms with Crippen LogP contribution in [0.15, 0.2) is 54.6 Å². The lowest BCUT2D eigenvalue weighted by molar-refractivity contribution is 0.0696. The standard InChI is InChI=1S/C29H32FNO4/c1-17-13-21(14-24(18(17)2)29(32)33)25-16-22(35-27-8-6-5-7-23(25)27)11-12-31-19(3)20-9-10-26(30)28(15-20)34-4/h5-10,13-15,19,22,25,31H,11-12,16H2,1-4H3,(H,32,33)/t19-,22+,25+/m1/s1. The highest BCUT2D eigenvalue weighted by Gasteiger charge is 2.30. The summed E-state index contributed by atoms with van der Waals surface area (Å²) in [7, 11) is 1.46. The van der Waals surface area contributed by atoms with Gasteiger partial charge < -0.3 is 19.9 Å². The molecule has 0 amide bonds. The van der Waals surface area contributed by atoms with E-state index in [0.717, 1.165) is 46.4 Å². The first-order valence-corrected chi connectivity index (χ1v) is 11.9. The fraction of sp³-hybridized carbons (Fsp3) is 0.345. The van der Waals surface area contributed by atoms with Crippen molar-refractivity contribution in [2.45, 2.75) is 51.7 Å². The van der Waals surface area contributed by atoms with Crippen LogP contribution in [-0.4, -0.2) is 30.8 Å². The maximum Gasteiger partial charge on any atom is 0.335 e. The summed E-state index contributed by atoms with van der Waals surface area (Å²) in [5.74, 6) is -0.136. The fourth-order valence-electron chi connectivity index (χ4n) is 4.82. The number of aromatic carboxylic acids is 1. The summed E-state index contributed by atoms with van der Waals surface area (Å²) >= 11 is 0. The lowest BCUT2D eigenvalue weighted by Gasteiger charge is -2.33. The van der Waals surface area contributed by atoms with Gasteiger partial charge >= 0.3 is 5.97 Å². The van der Waals surface area contributed by atoms with E-state index in [9.17, 15) is 14.3 Å². The lowest BCUT2D eigenvalue weighted by Crippen LogP contribution is -2.31. The molecule has 1 aliphatic rings. The number of hydrogen-bond acceptors (Lipinski definition) is 4. The smallest absolute Gasteiger partial charge is 0.335 e. The minimum atomic E-state index is -0.903. The number of aryl methyl sites for hydroxylation is 1. The number of carboxylic acids is 1. The monoisotopic (exact) mass is 477 g/mol. The van der Waals surface area contributed by atoms with Gasteiger partial charge in [-0.05, 0) is 86.7 Å². The number of methoxy groups -OCH3 is 1. The summed E-state index contributed by atoms with van der Waals surface area (Å²) in [5, 5.41) is 13.2. The molecule has 5 nitrogen and oxygen atoms in total. The molecule has 4 rings (SSSR count). The van der Waals surface area contributed by atoms with Crippen LogP contribution in [-0.2, 0) is 0 Å². The van der Waals surface area contributed by atoms with Crippen LogP contribution < -0.4 is 14.8 Å². The van der Waals surface area contributed by atoms with Gasteiger partial charge in [-0.1, -0.05) is 30.3 Å². The van der Waals surface area contributed by atoms with E-state index >= 15 is 0 Å². The number of para-hydroxylation sites is 1. The van der Waals surface area contributed by atoms with Gasteiger partial charge in [-0.3, -0.25) is 0 Å². The maximum atomic E-state index is 13.7. The van der Waals surface area contributed by atoms with E-state index in [-0.39, 0.29) is 29.6 Å². The van der Waals surface area contributed by atoms with Crippen molar-refractivity contribution < 1.29 is 23.8 Å². The quantitative estimate of drug-likeness (QED) is 0.406. The van der Waals surface area contributed by atoms with Gasteiger partial charge in [0.2, 0.25) is 0 Å². The van der Waals surface area contributed by atoms with Crippen LogP contribution in [0.2, 0.25) is 0 Å². The molecule has 0 aromatic heterocycles. The molecular formula is C29H32FNO4. The highest BCUT2D eigenvalue weighted by molar-refractivity contribution is 5.90. The third kappa shape index (κ3) is 5.33. The van der Waals surface area contributed by atoms with Crippen molar-refractivity contribution >= 4 is 5.97 Å². The predicted octanol–water partition coefficient (Wildman–Crippen LogP) is 6.17. The Hall–Kier alpha value is -3.38. The van der Waals surface area contributed by atoms with Crippen molar-refractivity contribution in [3.63, 3.8) is 0 Å². The average molecular weight is 478 g/mol. The Morgan fingerprint density at radius 2 is 1.97 bits per heavy atom.